The van der Waals surface area contributed by atoms with Crippen molar-refractivity contribution in [3.05, 3.63) is 42.8 Å². The largest absolute Gasteiger partial charge is 0.381 e. The van der Waals surface area contributed by atoms with E-state index in [1.165, 1.54) is 0 Å². The second kappa shape index (κ2) is 9.17. The number of nitrogens with two attached hydrogens (primary N) is 1. The van der Waals surface area contributed by atoms with E-state index in [0.717, 1.165) is 29.9 Å². The Bertz CT molecular complexity index is 301. The van der Waals surface area contributed by atoms with Gasteiger partial charge in [-0.25, -0.2) is 0 Å². The number of thioether (sulfide) groups is 1. The fourth-order valence-electron chi connectivity index (χ4n) is 1.33. The molecule has 2 N–H and O–H groups in total. The summed E-state index contributed by atoms with van der Waals surface area (Å²) in [6.07, 6.45) is 3.83. The van der Waals surface area contributed by atoms with Crippen LogP contribution in [0.25, 0.3) is 0 Å². The minimum atomic E-state index is 0.395. The Morgan fingerprint density at radius 3 is 2.59 bits per heavy atom. The van der Waals surface area contributed by atoms with Gasteiger partial charge in [-0.3, -0.25) is 0 Å². The molecular weight excluding hydrogens is 228 g/mol. The highest BCUT2D eigenvalue weighted by atomic mass is 32.2. The van der Waals surface area contributed by atoms with Gasteiger partial charge in [0.25, 0.3) is 0 Å². The molecule has 0 saturated carbocycles. The standard InChI is InChI=1S/C14H24N2S/c1-6-8-14(12(3)16(4)5)17-10-9-13(7-2)11-15/h6,14H,1-3,8-11,15H2,4-5H3. The Balaban J connectivity index is 4.23. The van der Waals surface area contributed by atoms with Gasteiger partial charge >= 0.3 is 0 Å². The van der Waals surface area contributed by atoms with Crippen LogP contribution in [0.1, 0.15) is 12.8 Å². The second-order valence-corrected chi connectivity index (χ2v) is 5.31. The van der Waals surface area contributed by atoms with Gasteiger partial charge < -0.3 is 10.6 Å². The lowest BCUT2D eigenvalue weighted by Crippen LogP contribution is -2.20. The van der Waals surface area contributed by atoms with E-state index in [4.69, 9.17) is 5.73 Å². The van der Waals surface area contributed by atoms with Crippen molar-refractivity contribution in [2.75, 3.05) is 26.4 Å². The van der Waals surface area contributed by atoms with E-state index in [1.807, 2.05) is 31.9 Å². The average Bonchev–Trinajstić information content (AvgIpc) is 2.32. The van der Waals surface area contributed by atoms with E-state index in [1.54, 1.807) is 0 Å². The van der Waals surface area contributed by atoms with E-state index in [9.17, 15) is 0 Å². The molecule has 0 fully saturated rings. The van der Waals surface area contributed by atoms with Crippen molar-refractivity contribution < 1.29 is 0 Å². The molecule has 0 rings (SSSR count). The van der Waals surface area contributed by atoms with Gasteiger partial charge in [0.05, 0.1) is 0 Å². The van der Waals surface area contributed by atoms with Crippen LogP contribution in [0.5, 0.6) is 0 Å². The van der Waals surface area contributed by atoms with E-state index in [-0.39, 0.29) is 0 Å². The predicted molar refractivity (Wildman–Crippen MR) is 80.2 cm³/mol. The molecule has 0 radical (unpaired) electrons. The summed E-state index contributed by atoms with van der Waals surface area (Å²) < 4.78 is 0. The summed E-state index contributed by atoms with van der Waals surface area (Å²) in [6.45, 7) is 12.1. The summed E-state index contributed by atoms with van der Waals surface area (Å²) in [7, 11) is 4.04. The molecule has 0 spiro atoms. The molecule has 2 nitrogen and oxygen atoms in total. The van der Waals surface area contributed by atoms with Crippen molar-refractivity contribution in [3.8, 4) is 0 Å². The maximum absolute atomic E-state index is 5.58. The highest BCUT2D eigenvalue weighted by Crippen LogP contribution is 2.24. The third kappa shape index (κ3) is 6.42. The second-order valence-electron chi connectivity index (χ2n) is 4.00. The third-order valence-electron chi connectivity index (χ3n) is 2.55. The summed E-state index contributed by atoms with van der Waals surface area (Å²) in [4.78, 5) is 2.06. The lowest BCUT2D eigenvalue weighted by Gasteiger charge is -2.24. The van der Waals surface area contributed by atoms with Crippen LogP contribution in [0.15, 0.2) is 42.8 Å². The van der Waals surface area contributed by atoms with E-state index in [0.29, 0.717) is 11.8 Å². The molecule has 0 amide bonds. The topological polar surface area (TPSA) is 29.3 Å². The molecule has 0 aliphatic rings. The first-order valence-corrected chi connectivity index (χ1v) is 6.78. The lowest BCUT2D eigenvalue weighted by molar-refractivity contribution is 0.495. The fraction of sp³-hybridized carbons (Fsp3) is 0.500. The molecule has 17 heavy (non-hydrogen) atoms. The summed E-state index contributed by atoms with van der Waals surface area (Å²) in [5.41, 5.74) is 10.7. The number of rotatable bonds is 9. The first-order chi connectivity index (χ1) is 8.06. The number of nitrogens with zero attached hydrogens (tertiary/aromatic N) is 1. The van der Waals surface area contributed by atoms with Crippen LogP contribution >= 0.6 is 11.8 Å². The first-order valence-electron chi connectivity index (χ1n) is 5.73. The Labute approximate surface area is 110 Å². The summed E-state index contributed by atoms with van der Waals surface area (Å²) in [5.74, 6) is 1.01. The number of hydrogen-bond acceptors (Lipinski definition) is 3. The maximum Gasteiger partial charge on any atom is 0.0474 e. The molecule has 0 aromatic heterocycles. The molecule has 0 heterocycles. The molecule has 96 valence electrons. The molecule has 0 aromatic rings. The number of hydrogen-bond donors (Lipinski definition) is 1. The Morgan fingerprint density at radius 1 is 1.53 bits per heavy atom. The number of allylic oxidation sites excluding steroid dienone is 1. The van der Waals surface area contributed by atoms with Crippen molar-refractivity contribution in [1.82, 2.24) is 4.90 Å². The molecule has 0 bridgehead atoms. The van der Waals surface area contributed by atoms with Crippen LogP contribution in [0.4, 0.5) is 0 Å². The van der Waals surface area contributed by atoms with Gasteiger partial charge in [0, 0.05) is 31.6 Å². The van der Waals surface area contributed by atoms with E-state index < -0.39 is 0 Å². The molecular formula is C14H24N2S. The zero-order chi connectivity index (χ0) is 13.3. The van der Waals surface area contributed by atoms with E-state index in [2.05, 4.69) is 30.4 Å². The monoisotopic (exact) mass is 252 g/mol. The van der Waals surface area contributed by atoms with Crippen LogP contribution in [-0.4, -0.2) is 36.5 Å². The van der Waals surface area contributed by atoms with Crippen molar-refractivity contribution in [2.24, 2.45) is 5.73 Å². The minimum Gasteiger partial charge on any atom is -0.381 e. The van der Waals surface area contributed by atoms with Crippen molar-refractivity contribution in [1.29, 1.82) is 0 Å². The highest BCUT2D eigenvalue weighted by Gasteiger charge is 2.13. The van der Waals surface area contributed by atoms with Gasteiger partial charge in [-0.1, -0.05) is 19.2 Å². The van der Waals surface area contributed by atoms with E-state index >= 15 is 0 Å². The van der Waals surface area contributed by atoms with Gasteiger partial charge in [-0.15, -0.1) is 12.3 Å². The maximum atomic E-state index is 5.58. The first kappa shape index (κ1) is 16.1. The predicted octanol–water partition coefficient (Wildman–Crippen LogP) is 2.80. The smallest absolute Gasteiger partial charge is 0.0474 e. The SMILES string of the molecule is C=C=C(CN)CCSC(CC=C)C(=C)N(C)C. The van der Waals surface area contributed by atoms with Crippen molar-refractivity contribution in [2.45, 2.75) is 18.1 Å². The van der Waals surface area contributed by atoms with Gasteiger partial charge in [0.2, 0.25) is 0 Å². The van der Waals surface area contributed by atoms with Gasteiger partial charge in [0.15, 0.2) is 0 Å². The molecule has 1 atom stereocenters. The molecule has 0 aliphatic heterocycles. The lowest BCUT2D eigenvalue weighted by atomic mass is 10.2. The van der Waals surface area contributed by atoms with Crippen LogP contribution in [-0.2, 0) is 0 Å². The third-order valence-corrected chi connectivity index (χ3v) is 3.85. The molecule has 0 aliphatic carbocycles. The van der Waals surface area contributed by atoms with Crippen molar-refractivity contribution >= 4 is 11.8 Å². The summed E-state index contributed by atoms with van der Waals surface area (Å²) >= 11 is 1.88. The molecule has 0 saturated heterocycles. The van der Waals surface area contributed by atoms with Crippen molar-refractivity contribution in [3.63, 3.8) is 0 Å². The molecule has 0 aromatic carbocycles. The van der Waals surface area contributed by atoms with Crippen LogP contribution < -0.4 is 5.73 Å². The van der Waals surface area contributed by atoms with Gasteiger partial charge in [-0.2, -0.15) is 11.8 Å². The zero-order valence-corrected chi connectivity index (χ0v) is 11.9. The fourth-order valence-corrected chi connectivity index (χ4v) is 2.65. The molecule has 3 heteroatoms. The Kier molecular flexibility index (Phi) is 8.69. The quantitative estimate of drug-likeness (QED) is 0.505. The highest BCUT2D eigenvalue weighted by molar-refractivity contribution is 8.00. The van der Waals surface area contributed by atoms with Crippen LogP contribution in [0, 0.1) is 0 Å². The summed E-state index contributed by atoms with van der Waals surface area (Å²) in [6, 6.07) is 0. The summed E-state index contributed by atoms with van der Waals surface area (Å²) in [5, 5.41) is 0.395. The average molecular weight is 252 g/mol. The minimum absolute atomic E-state index is 0.395. The van der Waals surface area contributed by atoms with Crippen LogP contribution in [0.2, 0.25) is 0 Å². The van der Waals surface area contributed by atoms with Crippen LogP contribution in [0.3, 0.4) is 0 Å². The van der Waals surface area contributed by atoms with Gasteiger partial charge in [0.1, 0.15) is 0 Å². The van der Waals surface area contributed by atoms with Gasteiger partial charge in [-0.05, 0) is 24.2 Å². The molecule has 1 unspecified atom stereocenters. The Morgan fingerprint density at radius 2 is 2.18 bits per heavy atom. The normalized spacial score (nSPS) is 11.5. The zero-order valence-electron chi connectivity index (χ0n) is 11.0. The Hall–Kier alpha value is -0.890.